The van der Waals surface area contributed by atoms with Crippen molar-refractivity contribution >= 4 is 6.29 Å². The maximum absolute atomic E-state index is 10.8. The summed E-state index contributed by atoms with van der Waals surface area (Å²) in [5.74, 6) is 0.407. The molecule has 0 spiro atoms. The zero-order valence-corrected chi connectivity index (χ0v) is 13.4. The number of ether oxygens (including phenoxy) is 2. The van der Waals surface area contributed by atoms with E-state index in [9.17, 15) is 4.79 Å². The van der Waals surface area contributed by atoms with Gasteiger partial charge in [-0.15, -0.1) is 0 Å². The minimum Gasteiger partial charge on any atom is -0.464 e. The fourth-order valence-corrected chi connectivity index (χ4v) is 1.93. The molecule has 3 nitrogen and oxygen atoms in total. The molecule has 0 aromatic heterocycles. The second kappa shape index (κ2) is 16.2. The maximum atomic E-state index is 10.8. The Balaban J connectivity index is 3.39. The molecule has 0 fully saturated rings. The lowest BCUT2D eigenvalue weighted by atomic mass is 10.1. The minimum atomic E-state index is 0.188. The van der Waals surface area contributed by atoms with Gasteiger partial charge in [0.05, 0.1) is 6.61 Å². The van der Waals surface area contributed by atoms with Crippen LogP contribution >= 0.6 is 0 Å². The quantitative estimate of drug-likeness (QED) is 0.139. The van der Waals surface area contributed by atoms with E-state index in [1.165, 1.54) is 44.9 Å². The van der Waals surface area contributed by atoms with Gasteiger partial charge in [0.25, 0.3) is 0 Å². The van der Waals surface area contributed by atoms with Gasteiger partial charge in [0.1, 0.15) is 0 Å². The molecule has 0 radical (unpaired) electrons. The van der Waals surface area contributed by atoms with E-state index >= 15 is 0 Å². The van der Waals surface area contributed by atoms with Crippen molar-refractivity contribution in [3.8, 4) is 0 Å². The van der Waals surface area contributed by atoms with Gasteiger partial charge in [-0.1, -0.05) is 58.8 Å². The number of allylic oxidation sites excluding steroid dienone is 2. The van der Waals surface area contributed by atoms with Crippen LogP contribution in [0.1, 0.15) is 78.1 Å². The third-order valence-electron chi connectivity index (χ3n) is 3.22. The van der Waals surface area contributed by atoms with Crippen LogP contribution in [0.5, 0.6) is 0 Å². The van der Waals surface area contributed by atoms with E-state index in [2.05, 4.69) is 13.8 Å². The van der Waals surface area contributed by atoms with Gasteiger partial charge in [-0.3, -0.25) is 4.79 Å². The molecule has 0 aliphatic rings. The molecule has 0 rings (SSSR count). The van der Waals surface area contributed by atoms with Crippen molar-refractivity contribution in [3.63, 3.8) is 0 Å². The molecule has 0 heterocycles. The highest BCUT2D eigenvalue weighted by Crippen LogP contribution is 2.06. The van der Waals surface area contributed by atoms with Crippen molar-refractivity contribution in [1.82, 2.24) is 0 Å². The van der Waals surface area contributed by atoms with Gasteiger partial charge in [0, 0.05) is 0 Å². The second-order valence-corrected chi connectivity index (χ2v) is 5.16. The Morgan fingerprint density at radius 1 is 0.900 bits per heavy atom. The minimum absolute atomic E-state index is 0.188. The normalized spacial score (nSPS) is 11.6. The first-order chi connectivity index (χ1) is 9.85. The summed E-state index contributed by atoms with van der Waals surface area (Å²) < 4.78 is 10.7. The number of carbonyl (C=O) groups excluding carboxylic acids is 1. The molecule has 0 N–H and O–H groups in total. The molecule has 0 bridgehead atoms. The van der Waals surface area contributed by atoms with E-state index in [1.807, 2.05) is 6.08 Å². The van der Waals surface area contributed by atoms with Crippen LogP contribution < -0.4 is 0 Å². The van der Waals surface area contributed by atoms with Crippen molar-refractivity contribution in [3.05, 3.63) is 11.8 Å². The first kappa shape index (κ1) is 19.2. The van der Waals surface area contributed by atoms with E-state index in [0.29, 0.717) is 12.4 Å². The van der Waals surface area contributed by atoms with Crippen LogP contribution in [0.4, 0.5) is 0 Å². The maximum Gasteiger partial charge on any atom is 0.189 e. The van der Waals surface area contributed by atoms with Crippen molar-refractivity contribution in [2.75, 3.05) is 13.4 Å². The molecule has 0 aromatic carbocycles. The molecule has 0 aromatic rings. The molecule has 0 atom stereocenters. The van der Waals surface area contributed by atoms with Crippen LogP contribution in [0.2, 0.25) is 0 Å². The van der Waals surface area contributed by atoms with Gasteiger partial charge in [0.2, 0.25) is 0 Å². The summed E-state index contributed by atoms with van der Waals surface area (Å²) >= 11 is 0. The lowest BCUT2D eigenvalue weighted by molar-refractivity contribution is -0.111. The van der Waals surface area contributed by atoms with Crippen LogP contribution in [0.25, 0.3) is 0 Å². The zero-order chi connectivity index (χ0) is 14.9. The van der Waals surface area contributed by atoms with Crippen molar-refractivity contribution in [1.29, 1.82) is 0 Å². The molecule has 0 saturated carbocycles. The highest BCUT2D eigenvalue weighted by Gasteiger charge is 1.96. The number of hydrogen-bond acceptors (Lipinski definition) is 3. The fraction of sp³-hybridized carbons (Fsp3) is 0.824. The molecule has 0 amide bonds. The summed E-state index contributed by atoms with van der Waals surface area (Å²) in [6, 6.07) is 0. The topological polar surface area (TPSA) is 35.5 Å². The molecule has 3 heteroatoms. The number of unbranched alkanes of at least 4 members (excludes halogenated alkanes) is 8. The predicted molar refractivity (Wildman–Crippen MR) is 83.6 cm³/mol. The summed E-state index contributed by atoms with van der Waals surface area (Å²) in [6.07, 6.45) is 14.5. The van der Waals surface area contributed by atoms with Crippen molar-refractivity contribution in [2.45, 2.75) is 78.1 Å². The van der Waals surface area contributed by atoms with Gasteiger partial charge in [0.15, 0.2) is 18.8 Å². The van der Waals surface area contributed by atoms with Crippen molar-refractivity contribution < 1.29 is 14.3 Å². The van der Waals surface area contributed by atoms with Crippen molar-refractivity contribution in [2.24, 2.45) is 0 Å². The average Bonchev–Trinajstić information content (AvgIpc) is 2.47. The van der Waals surface area contributed by atoms with Gasteiger partial charge >= 0.3 is 0 Å². The van der Waals surface area contributed by atoms with Crippen LogP contribution in [0, 0.1) is 0 Å². The Kier molecular flexibility index (Phi) is 15.6. The molecule has 0 unspecified atom stereocenters. The molecule has 118 valence electrons. The Morgan fingerprint density at radius 3 is 2.25 bits per heavy atom. The summed E-state index contributed by atoms with van der Waals surface area (Å²) in [6.45, 7) is 5.29. The zero-order valence-electron chi connectivity index (χ0n) is 13.4. The molecular weight excluding hydrogens is 252 g/mol. The molecular formula is C17H32O3. The lowest BCUT2D eigenvalue weighted by Crippen LogP contribution is -2.02. The Hall–Kier alpha value is -0.830. The van der Waals surface area contributed by atoms with E-state index in [0.717, 1.165) is 25.5 Å². The third kappa shape index (κ3) is 13.6. The first-order valence-electron chi connectivity index (χ1n) is 8.21. The Bertz CT molecular complexity index is 236. The molecule has 0 aliphatic heterocycles. The molecule has 20 heavy (non-hydrogen) atoms. The largest absolute Gasteiger partial charge is 0.464 e. The summed E-state index contributed by atoms with van der Waals surface area (Å²) in [5, 5.41) is 0. The average molecular weight is 284 g/mol. The summed E-state index contributed by atoms with van der Waals surface area (Å²) in [7, 11) is 0. The monoisotopic (exact) mass is 284 g/mol. The highest BCUT2D eigenvalue weighted by molar-refractivity contribution is 5.69. The second-order valence-electron chi connectivity index (χ2n) is 5.16. The van der Waals surface area contributed by atoms with Crippen LogP contribution in [-0.4, -0.2) is 19.7 Å². The summed E-state index contributed by atoms with van der Waals surface area (Å²) in [4.78, 5) is 10.8. The molecule has 0 aliphatic carbocycles. The van der Waals surface area contributed by atoms with Crippen LogP contribution in [0.3, 0.4) is 0 Å². The highest BCUT2D eigenvalue weighted by atomic mass is 16.7. The number of aldehydes is 1. The van der Waals surface area contributed by atoms with Crippen LogP contribution in [-0.2, 0) is 14.3 Å². The Morgan fingerprint density at radius 2 is 1.55 bits per heavy atom. The van der Waals surface area contributed by atoms with Gasteiger partial charge in [-0.05, 0) is 25.3 Å². The molecule has 0 saturated heterocycles. The van der Waals surface area contributed by atoms with E-state index in [4.69, 9.17) is 9.47 Å². The van der Waals surface area contributed by atoms with E-state index < -0.39 is 0 Å². The Labute approximate surface area is 124 Å². The number of rotatable bonds is 15. The predicted octanol–water partition coefficient (Wildman–Crippen LogP) is 5.00. The van der Waals surface area contributed by atoms with Crippen LogP contribution in [0.15, 0.2) is 11.8 Å². The lowest BCUT2D eigenvalue weighted by Gasteiger charge is -2.07. The van der Waals surface area contributed by atoms with E-state index in [1.54, 1.807) is 0 Å². The SMILES string of the molecule is CCCCC/C=C(\C=O)OCOCCCCCCCC. The smallest absolute Gasteiger partial charge is 0.189 e. The summed E-state index contributed by atoms with van der Waals surface area (Å²) in [5.41, 5.74) is 0. The van der Waals surface area contributed by atoms with Gasteiger partial charge in [-0.25, -0.2) is 0 Å². The van der Waals surface area contributed by atoms with Gasteiger partial charge < -0.3 is 9.47 Å². The third-order valence-corrected chi connectivity index (χ3v) is 3.22. The standard InChI is InChI=1S/C17H32O3/c1-3-5-7-9-10-12-14-19-16-20-17(15-18)13-11-8-6-4-2/h13,15H,3-12,14,16H2,1-2H3/b17-13+. The number of hydrogen-bond donors (Lipinski definition) is 0. The fourth-order valence-electron chi connectivity index (χ4n) is 1.93. The van der Waals surface area contributed by atoms with E-state index in [-0.39, 0.29) is 6.79 Å². The van der Waals surface area contributed by atoms with Gasteiger partial charge in [-0.2, -0.15) is 0 Å². The number of carbonyl (C=O) groups is 1. The first-order valence-corrected chi connectivity index (χ1v) is 8.21.